The molecule has 0 atom stereocenters. The Labute approximate surface area is 213 Å². The van der Waals surface area contributed by atoms with Crippen LogP contribution in [-0.2, 0) is 11.3 Å². The fourth-order valence-corrected chi connectivity index (χ4v) is 3.22. The molecular formula is C29H19N3O5. The van der Waals surface area contributed by atoms with E-state index >= 15 is 0 Å². The maximum Gasteiger partial charge on any atom is 0.337 e. The van der Waals surface area contributed by atoms with Crippen LogP contribution in [0.15, 0.2) is 85.5 Å². The van der Waals surface area contributed by atoms with Crippen LogP contribution in [0.1, 0.15) is 38.2 Å². The molecule has 180 valence electrons. The third-order valence-electron chi connectivity index (χ3n) is 5.08. The fraction of sp³-hybridized carbons (Fsp3) is 0.0690. The van der Waals surface area contributed by atoms with Crippen molar-refractivity contribution in [2.75, 3.05) is 7.11 Å². The van der Waals surface area contributed by atoms with Gasteiger partial charge in [0.2, 0.25) is 0 Å². The van der Waals surface area contributed by atoms with E-state index in [0.29, 0.717) is 22.4 Å². The Balaban J connectivity index is 1.79. The molecule has 2 heterocycles. The molecule has 37 heavy (non-hydrogen) atoms. The second-order valence-electron chi connectivity index (χ2n) is 7.58. The summed E-state index contributed by atoms with van der Waals surface area (Å²) in [5, 5.41) is 11.0. The van der Waals surface area contributed by atoms with Gasteiger partial charge in [0, 0.05) is 48.0 Å². The number of nitro benzene ring substituents is 1. The lowest BCUT2D eigenvalue weighted by Gasteiger charge is -2.13. The summed E-state index contributed by atoms with van der Waals surface area (Å²) in [4.78, 5) is 30.9. The van der Waals surface area contributed by atoms with E-state index in [0.717, 1.165) is 11.1 Å². The Bertz CT molecular complexity index is 1470. The molecule has 0 aliphatic rings. The first-order valence-electron chi connectivity index (χ1n) is 11.0. The minimum Gasteiger partial charge on any atom is -0.486 e. The van der Waals surface area contributed by atoms with E-state index in [-0.39, 0.29) is 17.9 Å². The number of aromatic nitrogens is 2. The van der Waals surface area contributed by atoms with Gasteiger partial charge >= 0.3 is 5.97 Å². The quantitative estimate of drug-likeness (QED) is 0.175. The first-order valence-corrected chi connectivity index (χ1v) is 11.0. The number of esters is 1. The van der Waals surface area contributed by atoms with Crippen molar-refractivity contribution in [3.8, 4) is 29.4 Å². The van der Waals surface area contributed by atoms with Gasteiger partial charge in [-0.15, -0.1) is 0 Å². The number of hydrogen-bond donors (Lipinski definition) is 0. The number of pyridine rings is 2. The van der Waals surface area contributed by atoms with Crippen LogP contribution in [0.3, 0.4) is 0 Å². The van der Waals surface area contributed by atoms with Crippen molar-refractivity contribution in [1.29, 1.82) is 0 Å². The maximum atomic E-state index is 12.4. The molecule has 0 amide bonds. The van der Waals surface area contributed by atoms with Crippen LogP contribution in [0.25, 0.3) is 0 Å². The SMILES string of the molecule is COC(=O)c1cc(C#Cc2ccncc2)c(OCc2ccc([N+](=O)[O-])cc2)c(C#Cc2ccncc2)c1. The van der Waals surface area contributed by atoms with Gasteiger partial charge in [-0.1, -0.05) is 23.7 Å². The number of ether oxygens (including phenoxy) is 2. The minimum absolute atomic E-state index is 0.0148. The highest BCUT2D eigenvalue weighted by atomic mass is 16.6. The fourth-order valence-electron chi connectivity index (χ4n) is 3.22. The highest BCUT2D eigenvalue weighted by molar-refractivity contribution is 5.91. The zero-order valence-corrected chi connectivity index (χ0v) is 19.7. The molecule has 0 fully saturated rings. The number of methoxy groups -OCH3 is 1. The van der Waals surface area contributed by atoms with Gasteiger partial charge in [-0.25, -0.2) is 4.79 Å². The summed E-state index contributed by atoms with van der Waals surface area (Å²) in [5.74, 6) is 12.1. The molecule has 2 aromatic carbocycles. The lowest BCUT2D eigenvalue weighted by molar-refractivity contribution is -0.384. The first-order chi connectivity index (χ1) is 18.0. The Morgan fingerprint density at radius 2 is 1.35 bits per heavy atom. The average Bonchev–Trinajstić information content (AvgIpc) is 2.94. The van der Waals surface area contributed by atoms with Crippen LogP contribution in [-0.4, -0.2) is 28.0 Å². The molecule has 0 N–H and O–H groups in total. The molecule has 0 aliphatic heterocycles. The molecule has 4 aromatic rings. The molecule has 0 saturated carbocycles. The van der Waals surface area contributed by atoms with Crippen molar-refractivity contribution in [3.63, 3.8) is 0 Å². The predicted molar refractivity (Wildman–Crippen MR) is 136 cm³/mol. The van der Waals surface area contributed by atoms with Gasteiger partial charge < -0.3 is 9.47 Å². The monoisotopic (exact) mass is 489 g/mol. The highest BCUT2D eigenvalue weighted by Crippen LogP contribution is 2.27. The number of non-ortho nitro benzene ring substituents is 1. The van der Waals surface area contributed by atoms with E-state index in [2.05, 4.69) is 33.6 Å². The van der Waals surface area contributed by atoms with Gasteiger partial charge in [0.25, 0.3) is 5.69 Å². The largest absolute Gasteiger partial charge is 0.486 e. The van der Waals surface area contributed by atoms with Crippen molar-refractivity contribution >= 4 is 11.7 Å². The molecule has 0 bridgehead atoms. The number of rotatable bonds is 5. The molecule has 0 spiro atoms. The van der Waals surface area contributed by atoms with E-state index in [1.54, 1.807) is 73.3 Å². The summed E-state index contributed by atoms with van der Waals surface area (Å²) in [6, 6.07) is 16.3. The molecular weight excluding hydrogens is 470 g/mol. The van der Waals surface area contributed by atoms with E-state index in [9.17, 15) is 14.9 Å². The Hall–Kier alpha value is -5.47. The second-order valence-corrected chi connectivity index (χ2v) is 7.58. The zero-order chi connectivity index (χ0) is 26.0. The Morgan fingerprint density at radius 3 is 1.81 bits per heavy atom. The van der Waals surface area contributed by atoms with Crippen LogP contribution in [0.5, 0.6) is 5.75 Å². The number of hydrogen-bond acceptors (Lipinski definition) is 7. The third kappa shape index (κ3) is 6.56. The minimum atomic E-state index is -0.541. The van der Waals surface area contributed by atoms with Crippen LogP contribution in [0.2, 0.25) is 0 Å². The van der Waals surface area contributed by atoms with Crippen molar-refractivity contribution in [2.24, 2.45) is 0 Å². The highest BCUT2D eigenvalue weighted by Gasteiger charge is 2.16. The lowest BCUT2D eigenvalue weighted by atomic mass is 10.0. The number of carbonyl (C=O) groups is 1. The van der Waals surface area contributed by atoms with Gasteiger partial charge in [-0.05, 0) is 54.1 Å². The summed E-state index contributed by atoms with van der Waals surface area (Å²) < 4.78 is 11.1. The number of carbonyl (C=O) groups excluding carboxylic acids is 1. The Kier molecular flexibility index (Phi) is 7.85. The predicted octanol–water partition coefficient (Wildman–Crippen LogP) is 4.55. The van der Waals surface area contributed by atoms with Gasteiger partial charge in [0.15, 0.2) is 5.75 Å². The molecule has 4 rings (SSSR count). The summed E-state index contributed by atoms with van der Waals surface area (Å²) >= 11 is 0. The average molecular weight is 489 g/mol. The number of benzene rings is 2. The molecule has 0 aliphatic carbocycles. The van der Waals surface area contributed by atoms with Gasteiger partial charge in [-0.3, -0.25) is 20.1 Å². The first kappa shape index (κ1) is 24.6. The summed E-state index contributed by atoms with van der Waals surface area (Å²) in [7, 11) is 1.30. The van der Waals surface area contributed by atoms with Crippen molar-refractivity contribution in [3.05, 3.63) is 129 Å². The molecule has 0 unspecified atom stereocenters. The lowest BCUT2D eigenvalue weighted by Crippen LogP contribution is -2.06. The molecule has 0 radical (unpaired) electrons. The number of nitro groups is 1. The number of nitrogens with zero attached hydrogens (tertiary/aromatic N) is 3. The van der Waals surface area contributed by atoms with Crippen molar-refractivity contribution in [1.82, 2.24) is 9.97 Å². The smallest absolute Gasteiger partial charge is 0.337 e. The van der Waals surface area contributed by atoms with Gasteiger partial charge in [0.1, 0.15) is 6.61 Å². The maximum absolute atomic E-state index is 12.4. The van der Waals surface area contributed by atoms with Gasteiger partial charge in [0.05, 0.1) is 28.7 Å². The van der Waals surface area contributed by atoms with E-state index < -0.39 is 10.9 Å². The summed E-state index contributed by atoms with van der Waals surface area (Å²) in [5.41, 5.74) is 3.28. The van der Waals surface area contributed by atoms with Crippen LogP contribution >= 0.6 is 0 Å². The van der Waals surface area contributed by atoms with Crippen LogP contribution in [0, 0.1) is 33.8 Å². The van der Waals surface area contributed by atoms with Gasteiger partial charge in [-0.2, -0.15) is 0 Å². The van der Waals surface area contributed by atoms with Crippen LogP contribution in [0.4, 0.5) is 5.69 Å². The van der Waals surface area contributed by atoms with Crippen molar-refractivity contribution < 1.29 is 19.2 Å². The third-order valence-corrected chi connectivity index (χ3v) is 5.08. The summed E-state index contributed by atoms with van der Waals surface area (Å²) in [6.07, 6.45) is 6.53. The molecule has 8 heteroatoms. The van der Waals surface area contributed by atoms with E-state index in [4.69, 9.17) is 9.47 Å². The molecule has 0 saturated heterocycles. The van der Waals surface area contributed by atoms with Crippen LogP contribution < -0.4 is 4.74 Å². The standard InChI is InChI=1S/C29H19N3O5/c1-36-29(33)26-18-24(6-2-21-10-14-30-15-11-21)28(25(19-26)7-3-22-12-16-31-17-13-22)37-20-23-4-8-27(9-5-23)32(34)35/h4-5,8-19H,20H2,1H3. The second kappa shape index (κ2) is 11.8. The van der Waals surface area contributed by atoms with E-state index in [1.807, 2.05) is 0 Å². The normalized spacial score (nSPS) is 9.76. The molecule has 8 nitrogen and oxygen atoms in total. The Morgan fingerprint density at radius 1 is 0.838 bits per heavy atom. The zero-order valence-electron chi connectivity index (χ0n) is 19.7. The van der Waals surface area contributed by atoms with Crippen molar-refractivity contribution in [2.45, 2.75) is 6.61 Å². The summed E-state index contributed by atoms with van der Waals surface area (Å²) in [6.45, 7) is 0.101. The van der Waals surface area contributed by atoms with E-state index in [1.165, 1.54) is 19.2 Å². The molecule has 2 aromatic heterocycles. The topological polar surface area (TPSA) is 104 Å².